The van der Waals surface area contributed by atoms with Crippen molar-refractivity contribution in [3.8, 4) is 0 Å². The van der Waals surface area contributed by atoms with Crippen LogP contribution in [-0.4, -0.2) is 44.6 Å². The summed E-state index contributed by atoms with van der Waals surface area (Å²) in [5, 5.41) is 14.2. The van der Waals surface area contributed by atoms with Crippen molar-refractivity contribution in [3.05, 3.63) is 62.9 Å². The molecule has 2 unspecified atom stereocenters. The summed E-state index contributed by atoms with van der Waals surface area (Å²) in [7, 11) is 0. The molecule has 0 spiro atoms. The number of nitrogens with one attached hydrogen (secondary N) is 2. The third-order valence-corrected chi connectivity index (χ3v) is 6.32. The standard InChI is InChI=1S/C22H24Cl2N4O2/c1-12-3-6-18-21(13(12)2)27-20(26-18)9-25-22(30)19-8-16(29)11-28(19)10-14-4-5-15(23)7-17(14)24/h3-7,16,19,29H,8-11H2,1-2H3,(H,25,30)(H,26,27). The van der Waals surface area contributed by atoms with E-state index in [4.69, 9.17) is 23.2 Å². The molecule has 2 atom stereocenters. The maximum atomic E-state index is 12.9. The molecular weight excluding hydrogens is 423 g/mol. The Morgan fingerprint density at radius 3 is 2.87 bits per heavy atom. The van der Waals surface area contributed by atoms with Gasteiger partial charge in [0.2, 0.25) is 5.91 Å². The topological polar surface area (TPSA) is 81.2 Å². The van der Waals surface area contributed by atoms with Gasteiger partial charge in [0.05, 0.1) is 29.7 Å². The highest BCUT2D eigenvalue weighted by atomic mass is 35.5. The largest absolute Gasteiger partial charge is 0.392 e. The summed E-state index contributed by atoms with van der Waals surface area (Å²) in [5.41, 5.74) is 5.07. The number of hydrogen-bond acceptors (Lipinski definition) is 4. The van der Waals surface area contributed by atoms with Gasteiger partial charge in [-0.15, -0.1) is 0 Å². The number of hydrogen-bond donors (Lipinski definition) is 3. The first-order valence-electron chi connectivity index (χ1n) is 9.90. The molecule has 1 aliphatic rings. The van der Waals surface area contributed by atoms with Crippen molar-refractivity contribution in [3.63, 3.8) is 0 Å². The Bertz CT molecular complexity index is 1100. The van der Waals surface area contributed by atoms with Crippen LogP contribution in [0.2, 0.25) is 10.0 Å². The van der Waals surface area contributed by atoms with Gasteiger partial charge >= 0.3 is 0 Å². The van der Waals surface area contributed by atoms with Crippen LogP contribution in [-0.2, 0) is 17.9 Å². The zero-order valence-electron chi connectivity index (χ0n) is 16.9. The van der Waals surface area contributed by atoms with Crippen LogP contribution in [0.25, 0.3) is 11.0 Å². The SMILES string of the molecule is Cc1ccc2[nH]c(CNC(=O)C3CC(O)CN3Cc3ccc(Cl)cc3Cl)nc2c1C. The van der Waals surface area contributed by atoms with Gasteiger partial charge in [-0.1, -0.05) is 35.3 Å². The van der Waals surface area contributed by atoms with E-state index >= 15 is 0 Å². The number of fused-ring (bicyclic) bond motifs is 1. The van der Waals surface area contributed by atoms with Gasteiger partial charge in [-0.25, -0.2) is 4.98 Å². The Labute approximate surface area is 185 Å². The number of aryl methyl sites for hydroxylation is 2. The molecule has 3 N–H and O–H groups in total. The smallest absolute Gasteiger partial charge is 0.237 e. The van der Waals surface area contributed by atoms with Crippen molar-refractivity contribution in [1.29, 1.82) is 0 Å². The summed E-state index contributed by atoms with van der Waals surface area (Å²) in [6.45, 7) is 5.28. The Hall–Kier alpha value is -2.12. The monoisotopic (exact) mass is 446 g/mol. The van der Waals surface area contributed by atoms with Crippen molar-refractivity contribution < 1.29 is 9.90 Å². The maximum Gasteiger partial charge on any atom is 0.237 e. The molecule has 1 aromatic heterocycles. The van der Waals surface area contributed by atoms with E-state index in [2.05, 4.69) is 28.3 Å². The minimum atomic E-state index is -0.552. The highest BCUT2D eigenvalue weighted by Crippen LogP contribution is 2.26. The molecule has 4 rings (SSSR count). The molecule has 30 heavy (non-hydrogen) atoms. The molecule has 1 aliphatic heterocycles. The van der Waals surface area contributed by atoms with Gasteiger partial charge in [0.1, 0.15) is 5.82 Å². The molecule has 8 heteroatoms. The van der Waals surface area contributed by atoms with Gasteiger partial charge < -0.3 is 15.4 Å². The van der Waals surface area contributed by atoms with E-state index in [1.165, 1.54) is 5.56 Å². The van der Waals surface area contributed by atoms with Crippen LogP contribution in [0.4, 0.5) is 0 Å². The number of aliphatic hydroxyl groups excluding tert-OH is 1. The fourth-order valence-corrected chi connectivity index (χ4v) is 4.40. The average Bonchev–Trinajstić information content (AvgIpc) is 3.28. The molecule has 1 saturated heterocycles. The molecule has 0 saturated carbocycles. The third-order valence-electron chi connectivity index (χ3n) is 5.73. The van der Waals surface area contributed by atoms with Crippen LogP contribution in [0.5, 0.6) is 0 Å². The van der Waals surface area contributed by atoms with E-state index in [-0.39, 0.29) is 5.91 Å². The highest BCUT2D eigenvalue weighted by Gasteiger charge is 2.36. The summed E-state index contributed by atoms with van der Waals surface area (Å²) < 4.78 is 0. The number of H-pyrrole nitrogens is 1. The number of aromatic amines is 1. The van der Waals surface area contributed by atoms with Crippen molar-refractivity contribution in [2.45, 2.75) is 45.5 Å². The zero-order valence-corrected chi connectivity index (χ0v) is 18.4. The van der Waals surface area contributed by atoms with Crippen LogP contribution in [0.3, 0.4) is 0 Å². The number of halogens is 2. The number of likely N-dealkylation sites (tertiary alicyclic amines) is 1. The second kappa shape index (κ2) is 8.55. The number of benzene rings is 2. The first-order valence-corrected chi connectivity index (χ1v) is 10.7. The minimum absolute atomic E-state index is 0.134. The number of carbonyl (C=O) groups excluding carboxylic acids is 1. The van der Waals surface area contributed by atoms with E-state index in [1.807, 2.05) is 24.0 Å². The van der Waals surface area contributed by atoms with Crippen LogP contribution < -0.4 is 5.32 Å². The number of nitrogens with zero attached hydrogens (tertiary/aromatic N) is 2. The second-order valence-corrected chi connectivity index (χ2v) is 8.72. The number of carbonyl (C=O) groups is 1. The average molecular weight is 447 g/mol. The third kappa shape index (κ3) is 4.32. The van der Waals surface area contributed by atoms with Gasteiger partial charge in [0.15, 0.2) is 0 Å². The second-order valence-electron chi connectivity index (χ2n) is 7.88. The van der Waals surface area contributed by atoms with Gasteiger partial charge in [0, 0.05) is 23.1 Å². The van der Waals surface area contributed by atoms with Gasteiger partial charge in [-0.2, -0.15) is 0 Å². The van der Waals surface area contributed by atoms with Gasteiger partial charge in [-0.05, 0) is 55.2 Å². The van der Waals surface area contributed by atoms with Crippen LogP contribution in [0.1, 0.15) is 28.9 Å². The summed E-state index contributed by atoms with van der Waals surface area (Å²) in [6.07, 6.45) is -0.168. The molecule has 1 fully saturated rings. The highest BCUT2D eigenvalue weighted by molar-refractivity contribution is 6.35. The maximum absolute atomic E-state index is 12.9. The Balaban J connectivity index is 1.44. The van der Waals surface area contributed by atoms with Crippen molar-refractivity contribution in [1.82, 2.24) is 20.2 Å². The lowest BCUT2D eigenvalue weighted by atomic mass is 10.1. The number of rotatable bonds is 5. The first-order chi connectivity index (χ1) is 14.3. The van der Waals surface area contributed by atoms with Gasteiger partial charge in [-0.3, -0.25) is 9.69 Å². The van der Waals surface area contributed by atoms with E-state index in [1.54, 1.807) is 12.1 Å². The van der Waals surface area contributed by atoms with Crippen molar-refractivity contribution in [2.75, 3.05) is 6.54 Å². The Morgan fingerprint density at radius 2 is 2.10 bits per heavy atom. The van der Waals surface area contributed by atoms with E-state index in [0.717, 1.165) is 22.2 Å². The summed E-state index contributed by atoms with van der Waals surface area (Å²) >= 11 is 12.3. The number of amides is 1. The van der Waals surface area contributed by atoms with E-state index in [0.29, 0.717) is 41.9 Å². The quantitative estimate of drug-likeness (QED) is 0.557. The number of aromatic nitrogens is 2. The predicted octanol–water partition coefficient (Wildman–Crippen LogP) is 3.74. The molecule has 0 radical (unpaired) electrons. The molecule has 0 aliphatic carbocycles. The van der Waals surface area contributed by atoms with E-state index in [9.17, 15) is 9.90 Å². The summed E-state index contributed by atoms with van der Waals surface area (Å²) in [4.78, 5) is 22.7. The van der Waals surface area contributed by atoms with Crippen LogP contribution in [0.15, 0.2) is 30.3 Å². The summed E-state index contributed by atoms with van der Waals surface area (Å²) in [5.74, 6) is 0.572. The lowest BCUT2D eigenvalue weighted by molar-refractivity contribution is -0.125. The van der Waals surface area contributed by atoms with Crippen LogP contribution >= 0.6 is 23.2 Å². The van der Waals surface area contributed by atoms with Crippen LogP contribution in [0, 0.1) is 13.8 Å². The zero-order chi connectivity index (χ0) is 21.4. The van der Waals surface area contributed by atoms with Crippen molar-refractivity contribution in [2.24, 2.45) is 0 Å². The minimum Gasteiger partial charge on any atom is -0.392 e. The summed E-state index contributed by atoms with van der Waals surface area (Å²) in [6, 6.07) is 8.93. The lowest BCUT2D eigenvalue weighted by Crippen LogP contribution is -2.42. The lowest BCUT2D eigenvalue weighted by Gasteiger charge is -2.23. The van der Waals surface area contributed by atoms with Gasteiger partial charge in [0.25, 0.3) is 0 Å². The molecule has 158 valence electrons. The molecule has 0 bridgehead atoms. The number of imidazole rings is 1. The normalized spacial score (nSPS) is 19.5. The van der Waals surface area contributed by atoms with Crippen molar-refractivity contribution >= 4 is 40.1 Å². The fraction of sp³-hybridized carbons (Fsp3) is 0.364. The first kappa shape index (κ1) is 21.1. The molecule has 6 nitrogen and oxygen atoms in total. The molecular formula is C22H24Cl2N4O2. The number of aliphatic hydroxyl groups is 1. The molecule has 1 amide bonds. The Morgan fingerprint density at radius 1 is 1.30 bits per heavy atom. The van der Waals surface area contributed by atoms with E-state index < -0.39 is 12.1 Å². The molecule has 2 aromatic carbocycles. The Kier molecular flexibility index (Phi) is 6.02. The fourth-order valence-electron chi connectivity index (χ4n) is 3.93. The number of β-amino-alcohol motifs (C(OH)–C–C–N with tert-alkyl or cyclic N) is 1. The molecule has 2 heterocycles. The molecule has 3 aromatic rings. The predicted molar refractivity (Wildman–Crippen MR) is 119 cm³/mol.